The lowest BCUT2D eigenvalue weighted by Gasteiger charge is -2.29. The first-order chi connectivity index (χ1) is 5.74. The zero-order valence-corrected chi connectivity index (χ0v) is 7.59. The summed E-state index contributed by atoms with van der Waals surface area (Å²) in [4.78, 5) is 0. The van der Waals surface area contributed by atoms with Crippen molar-refractivity contribution in [1.82, 2.24) is 5.32 Å². The fourth-order valence-corrected chi connectivity index (χ4v) is 1.67. The van der Waals surface area contributed by atoms with Crippen LogP contribution in [0.3, 0.4) is 0 Å². The van der Waals surface area contributed by atoms with Gasteiger partial charge in [-0.1, -0.05) is 18.8 Å². The lowest BCUT2D eigenvalue weighted by Crippen LogP contribution is -2.45. The molecule has 0 aromatic heterocycles. The predicted molar refractivity (Wildman–Crippen MR) is 49.7 cm³/mol. The maximum Gasteiger partial charge on any atom is 0.0693 e. The molecule has 0 heterocycles. The van der Waals surface area contributed by atoms with Crippen molar-refractivity contribution in [2.75, 3.05) is 0 Å². The van der Waals surface area contributed by atoms with Crippen molar-refractivity contribution in [3.8, 4) is 12.3 Å². The predicted octanol–water partition coefficient (Wildman–Crippen LogP) is 0.901. The first-order valence-corrected chi connectivity index (χ1v) is 4.64. The Morgan fingerprint density at radius 3 is 2.75 bits per heavy atom. The first kappa shape index (κ1) is 9.57. The van der Waals surface area contributed by atoms with E-state index in [1.807, 2.05) is 6.92 Å². The molecule has 0 saturated heterocycles. The van der Waals surface area contributed by atoms with Gasteiger partial charge in [0, 0.05) is 6.04 Å². The molecule has 2 nitrogen and oxygen atoms in total. The third-order valence-electron chi connectivity index (χ3n) is 2.44. The second kappa shape index (κ2) is 4.49. The summed E-state index contributed by atoms with van der Waals surface area (Å²) < 4.78 is 0. The summed E-state index contributed by atoms with van der Waals surface area (Å²) in [6, 6.07) is 0.285. The third-order valence-corrected chi connectivity index (χ3v) is 2.44. The Labute approximate surface area is 74.4 Å². The van der Waals surface area contributed by atoms with Gasteiger partial charge in [-0.2, -0.15) is 0 Å². The van der Waals surface area contributed by atoms with Gasteiger partial charge < -0.3 is 5.11 Å². The molecule has 1 aliphatic carbocycles. The summed E-state index contributed by atoms with van der Waals surface area (Å²) in [5, 5.41) is 12.8. The maximum absolute atomic E-state index is 9.58. The van der Waals surface area contributed by atoms with E-state index in [0.717, 1.165) is 19.3 Å². The van der Waals surface area contributed by atoms with Gasteiger partial charge in [0.25, 0.3) is 0 Å². The molecule has 3 unspecified atom stereocenters. The molecule has 3 atom stereocenters. The fourth-order valence-electron chi connectivity index (χ4n) is 1.67. The molecule has 68 valence electrons. The van der Waals surface area contributed by atoms with Crippen molar-refractivity contribution in [1.29, 1.82) is 0 Å². The van der Waals surface area contributed by atoms with Crippen LogP contribution in [0.25, 0.3) is 0 Å². The second-order valence-electron chi connectivity index (χ2n) is 3.51. The molecule has 0 spiro atoms. The smallest absolute Gasteiger partial charge is 0.0693 e. The highest BCUT2D eigenvalue weighted by molar-refractivity contribution is 4.98. The van der Waals surface area contributed by atoms with Crippen LogP contribution in [0.5, 0.6) is 0 Å². The highest BCUT2D eigenvalue weighted by atomic mass is 16.3. The topological polar surface area (TPSA) is 32.3 Å². The number of hydrogen-bond donors (Lipinski definition) is 2. The number of hydrogen-bond acceptors (Lipinski definition) is 2. The van der Waals surface area contributed by atoms with Crippen molar-refractivity contribution in [2.45, 2.75) is 50.8 Å². The van der Waals surface area contributed by atoms with Crippen LogP contribution in [0.2, 0.25) is 0 Å². The van der Waals surface area contributed by atoms with E-state index in [9.17, 15) is 5.11 Å². The largest absolute Gasteiger partial charge is 0.392 e. The first-order valence-electron chi connectivity index (χ1n) is 4.64. The minimum absolute atomic E-state index is 0.0720. The van der Waals surface area contributed by atoms with Gasteiger partial charge in [0.2, 0.25) is 0 Å². The molecule has 2 N–H and O–H groups in total. The Balaban J connectivity index is 2.35. The average Bonchev–Trinajstić information content (AvgIpc) is 2.09. The lowest BCUT2D eigenvalue weighted by molar-refractivity contribution is 0.0890. The normalized spacial score (nSPS) is 32.4. The molecule has 0 amide bonds. The average molecular weight is 167 g/mol. The van der Waals surface area contributed by atoms with E-state index in [0.29, 0.717) is 0 Å². The highest BCUT2D eigenvalue weighted by Crippen LogP contribution is 2.18. The molecule has 0 aromatic carbocycles. The minimum Gasteiger partial charge on any atom is -0.392 e. The molecule has 0 radical (unpaired) electrons. The molecule has 1 rings (SSSR count). The molecule has 0 aromatic rings. The Bertz CT molecular complexity index is 173. The highest BCUT2D eigenvalue weighted by Gasteiger charge is 2.23. The second-order valence-corrected chi connectivity index (χ2v) is 3.51. The molecule has 2 heteroatoms. The molecule has 1 saturated carbocycles. The van der Waals surface area contributed by atoms with E-state index in [1.165, 1.54) is 6.42 Å². The zero-order valence-electron chi connectivity index (χ0n) is 7.59. The fraction of sp³-hybridized carbons (Fsp3) is 0.800. The van der Waals surface area contributed by atoms with Crippen molar-refractivity contribution in [3.05, 3.63) is 0 Å². The van der Waals surface area contributed by atoms with Crippen LogP contribution in [0, 0.1) is 12.3 Å². The van der Waals surface area contributed by atoms with Crippen LogP contribution in [0.4, 0.5) is 0 Å². The molecule has 12 heavy (non-hydrogen) atoms. The van der Waals surface area contributed by atoms with Crippen LogP contribution < -0.4 is 5.32 Å². The van der Waals surface area contributed by atoms with Crippen LogP contribution in [-0.4, -0.2) is 23.3 Å². The number of aliphatic hydroxyl groups excluding tert-OH is 1. The minimum atomic E-state index is -0.199. The van der Waals surface area contributed by atoms with Crippen LogP contribution in [-0.2, 0) is 0 Å². The summed E-state index contributed by atoms with van der Waals surface area (Å²) in [7, 11) is 0. The van der Waals surface area contributed by atoms with E-state index in [-0.39, 0.29) is 18.2 Å². The Morgan fingerprint density at radius 2 is 2.17 bits per heavy atom. The summed E-state index contributed by atoms with van der Waals surface area (Å²) in [5.41, 5.74) is 0. The number of aliphatic hydroxyl groups is 1. The third kappa shape index (κ3) is 2.51. The Hall–Kier alpha value is -0.520. The Kier molecular flexibility index (Phi) is 3.58. The van der Waals surface area contributed by atoms with Crippen molar-refractivity contribution in [3.63, 3.8) is 0 Å². The standard InChI is InChI=1S/C10H17NO/c1-3-8(2)11-9-6-4-5-7-10(9)12/h1,8-12H,4-7H2,2H3. The zero-order chi connectivity index (χ0) is 8.97. The molecule has 1 fully saturated rings. The van der Waals surface area contributed by atoms with E-state index in [2.05, 4.69) is 11.2 Å². The van der Waals surface area contributed by atoms with Gasteiger partial charge in [-0.05, 0) is 19.8 Å². The van der Waals surface area contributed by atoms with Gasteiger partial charge in [0.05, 0.1) is 12.1 Å². The summed E-state index contributed by atoms with van der Waals surface area (Å²) in [6.07, 6.45) is 9.34. The van der Waals surface area contributed by atoms with Gasteiger partial charge in [-0.25, -0.2) is 0 Å². The number of terminal acetylenes is 1. The van der Waals surface area contributed by atoms with Gasteiger partial charge in [-0.15, -0.1) is 6.42 Å². The molecule has 0 aliphatic heterocycles. The van der Waals surface area contributed by atoms with E-state index >= 15 is 0 Å². The molecular formula is C10H17NO. The SMILES string of the molecule is C#CC(C)NC1CCCCC1O. The van der Waals surface area contributed by atoms with E-state index < -0.39 is 0 Å². The molecule has 0 bridgehead atoms. The van der Waals surface area contributed by atoms with Crippen LogP contribution in [0.15, 0.2) is 0 Å². The van der Waals surface area contributed by atoms with Gasteiger partial charge in [0.15, 0.2) is 0 Å². The Morgan fingerprint density at radius 1 is 1.50 bits per heavy atom. The molecule has 1 aliphatic rings. The summed E-state index contributed by atoms with van der Waals surface area (Å²) in [5.74, 6) is 2.61. The lowest BCUT2D eigenvalue weighted by atomic mass is 9.92. The van der Waals surface area contributed by atoms with Crippen molar-refractivity contribution >= 4 is 0 Å². The number of rotatable bonds is 2. The van der Waals surface area contributed by atoms with E-state index in [1.54, 1.807) is 0 Å². The van der Waals surface area contributed by atoms with Gasteiger partial charge in [-0.3, -0.25) is 5.32 Å². The van der Waals surface area contributed by atoms with E-state index in [4.69, 9.17) is 6.42 Å². The quantitative estimate of drug-likeness (QED) is 0.599. The summed E-state index contributed by atoms with van der Waals surface area (Å²) in [6.45, 7) is 1.95. The van der Waals surface area contributed by atoms with Crippen molar-refractivity contribution in [2.24, 2.45) is 0 Å². The van der Waals surface area contributed by atoms with Crippen molar-refractivity contribution < 1.29 is 5.11 Å². The maximum atomic E-state index is 9.58. The molecular weight excluding hydrogens is 150 g/mol. The van der Waals surface area contributed by atoms with Gasteiger partial charge >= 0.3 is 0 Å². The van der Waals surface area contributed by atoms with Gasteiger partial charge in [0.1, 0.15) is 0 Å². The van der Waals surface area contributed by atoms with Crippen LogP contribution >= 0.6 is 0 Å². The van der Waals surface area contributed by atoms with Crippen LogP contribution in [0.1, 0.15) is 32.6 Å². The monoisotopic (exact) mass is 167 g/mol. The summed E-state index contributed by atoms with van der Waals surface area (Å²) >= 11 is 0. The number of nitrogens with one attached hydrogen (secondary N) is 1.